The van der Waals surface area contributed by atoms with Gasteiger partial charge >= 0.3 is 0 Å². The van der Waals surface area contributed by atoms with Crippen LogP contribution in [0.25, 0.3) is 0 Å². The molecule has 3 atom stereocenters. The van der Waals surface area contributed by atoms with Gasteiger partial charge < -0.3 is 35.5 Å². The third kappa shape index (κ3) is 15.7. The highest BCUT2D eigenvalue weighted by Crippen LogP contribution is 2.19. The van der Waals surface area contributed by atoms with Gasteiger partial charge in [-0.05, 0) is 50.8 Å². The highest BCUT2D eigenvalue weighted by molar-refractivity contribution is 5.84. The van der Waals surface area contributed by atoms with Crippen LogP contribution in [-0.2, 0) is 20.8 Å². The molecule has 0 aliphatic rings. The van der Waals surface area contributed by atoms with Crippen LogP contribution in [0, 0.1) is 12.8 Å². The minimum atomic E-state index is -0.406. The maximum absolute atomic E-state index is 13.0. The second kappa shape index (κ2) is 24.3. The number of carbonyl (C=O) groups is 3. The lowest BCUT2D eigenvalue weighted by Crippen LogP contribution is -2.52. The molecule has 0 aliphatic heterocycles. The Bertz CT molecular complexity index is 989. The monoisotopic (exact) mass is 586 g/mol. The quantitative estimate of drug-likeness (QED) is 0.166. The average molecular weight is 587 g/mol. The Labute approximate surface area is 253 Å². The fourth-order valence-corrected chi connectivity index (χ4v) is 4.10. The van der Waals surface area contributed by atoms with E-state index in [1.165, 1.54) is 5.56 Å². The Morgan fingerprint density at radius 3 is 2.19 bits per heavy atom. The van der Waals surface area contributed by atoms with Crippen molar-refractivity contribution in [2.75, 3.05) is 47.4 Å². The number of aliphatic hydroxyl groups is 1. The molecule has 0 saturated heterocycles. The van der Waals surface area contributed by atoms with E-state index in [0.717, 1.165) is 44.0 Å². The molecular weight excluding hydrogens is 532 g/mol. The molecule has 0 heterocycles. The number of nitrogens with one attached hydrogen (secondary N) is 3. The lowest BCUT2D eigenvalue weighted by molar-refractivity contribution is -0.138. The second-order valence-corrected chi connectivity index (χ2v) is 9.97. The summed E-state index contributed by atoms with van der Waals surface area (Å²) in [6.07, 6.45) is 3.89. The summed E-state index contributed by atoms with van der Waals surface area (Å²) < 4.78 is 6.01. The van der Waals surface area contributed by atoms with E-state index < -0.39 is 6.04 Å². The van der Waals surface area contributed by atoms with Gasteiger partial charge in [0.1, 0.15) is 18.6 Å². The first kappa shape index (κ1) is 38.7. The fraction of sp³-hybridized carbons (Fsp3) is 0.545. The molecule has 0 fully saturated rings. The van der Waals surface area contributed by atoms with Crippen LogP contribution in [0.1, 0.15) is 51.2 Å². The number of hydrogen-bond donors (Lipinski definition) is 4. The molecule has 0 saturated carbocycles. The number of benzene rings is 2. The maximum Gasteiger partial charge on any atom is 0.240 e. The number of carbonyl (C=O) groups excluding carboxylic acids is 3. The van der Waals surface area contributed by atoms with Crippen molar-refractivity contribution in [3.05, 3.63) is 65.7 Å². The van der Waals surface area contributed by atoms with Crippen LogP contribution in [-0.4, -0.2) is 87.6 Å². The number of hydrogen-bond acceptors (Lipinski definition) is 7. The topological polar surface area (TPSA) is 120 Å². The highest BCUT2D eigenvalue weighted by atomic mass is 16.5. The number of aliphatic hydroxyl groups excluding tert-OH is 1. The molecule has 9 nitrogen and oxygen atoms in total. The number of ether oxygens (including phenoxy) is 1. The van der Waals surface area contributed by atoms with E-state index in [2.05, 4.69) is 41.9 Å². The Hall–Kier alpha value is -3.27. The van der Waals surface area contributed by atoms with Gasteiger partial charge in [0.05, 0.1) is 18.6 Å². The molecule has 0 aliphatic carbocycles. The first-order chi connectivity index (χ1) is 20.3. The summed E-state index contributed by atoms with van der Waals surface area (Å²) in [5.74, 6) is 0.873. The zero-order chi connectivity index (χ0) is 31.8. The predicted octanol–water partition coefficient (Wildman–Crippen LogP) is 3.38. The van der Waals surface area contributed by atoms with Gasteiger partial charge in [0, 0.05) is 27.2 Å². The van der Waals surface area contributed by atoms with Gasteiger partial charge in [0.2, 0.25) is 11.8 Å². The molecule has 42 heavy (non-hydrogen) atoms. The van der Waals surface area contributed by atoms with Crippen molar-refractivity contribution in [2.45, 2.75) is 65.5 Å². The van der Waals surface area contributed by atoms with Gasteiger partial charge in [0.15, 0.2) is 0 Å². The van der Waals surface area contributed by atoms with Crippen molar-refractivity contribution >= 4 is 18.1 Å². The third-order valence-corrected chi connectivity index (χ3v) is 6.82. The van der Waals surface area contributed by atoms with Crippen LogP contribution in [0.5, 0.6) is 5.75 Å². The first-order valence-electron chi connectivity index (χ1n) is 14.8. The number of para-hydroxylation sites is 1. The summed E-state index contributed by atoms with van der Waals surface area (Å²) in [7, 11) is 4.43. The first-order valence-corrected chi connectivity index (χ1v) is 14.8. The van der Waals surface area contributed by atoms with Crippen LogP contribution in [0.3, 0.4) is 0 Å². The van der Waals surface area contributed by atoms with Gasteiger partial charge in [0.25, 0.3) is 0 Å². The molecule has 2 aromatic rings. The number of aryl methyl sites for hydroxylation is 2. The van der Waals surface area contributed by atoms with Gasteiger partial charge in [-0.25, -0.2) is 0 Å². The average Bonchev–Trinajstić information content (AvgIpc) is 3.01. The second-order valence-electron chi connectivity index (χ2n) is 9.97. The summed E-state index contributed by atoms with van der Waals surface area (Å²) in [6.45, 7) is 9.94. The lowest BCUT2D eigenvalue weighted by Gasteiger charge is -2.31. The minimum Gasteiger partial charge on any atom is -0.492 e. The smallest absolute Gasteiger partial charge is 0.240 e. The largest absolute Gasteiger partial charge is 0.492 e. The van der Waals surface area contributed by atoms with E-state index in [9.17, 15) is 14.4 Å². The van der Waals surface area contributed by atoms with Crippen molar-refractivity contribution in [1.29, 1.82) is 0 Å². The Balaban J connectivity index is 0.00000160. The van der Waals surface area contributed by atoms with Gasteiger partial charge in [-0.3, -0.25) is 9.59 Å². The van der Waals surface area contributed by atoms with Gasteiger partial charge in [-0.15, -0.1) is 0 Å². The zero-order valence-electron chi connectivity index (χ0n) is 26.7. The number of rotatable bonds is 17. The molecular formula is C33H54N4O5. The van der Waals surface area contributed by atoms with E-state index in [4.69, 9.17) is 9.84 Å². The lowest BCUT2D eigenvalue weighted by atomic mass is 9.97. The summed E-state index contributed by atoms with van der Waals surface area (Å²) in [6, 6.07) is 17.4. The maximum atomic E-state index is 13.0. The van der Waals surface area contributed by atoms with E-state index in [0.29, 0.717) is 32.7 Å². The molecule has 3 unspecified atom stereocenters. The van der Waals surface area contributed by atoms with E-state index in [1.807, 2.05) is 56.3 Å². The Morgan fingerprint density at radius 2 is 1.64 bits per heavy atom. The van der Waals surface area contributed by atoms with Crippen LogP contribution < -0.4 is 20.7 Å². The summed E-state index contributed by atoms with van der Waals surface area (Å²) in [5, 5.41) is 16.0. The van der Waals surface area contributed by atoms with Crippen molar-refractivity contribution in [2.24, 2.45) is 5.92 Å². The van der Waals surface area contributed by atoms with Gasteiger partial charge in [-0.2, -0.15) is 0 Å². The number of nitrogens with zero attached hydrogens (tertiary/aromatic N) is 1. The molecule has 0 aromatic heterocycles. The molecule has 4 N–H and O–H groups in total. The van der Waals surface area contributed by atoms with Crippen LogP contribution in [0.2, 0.25) is 0 Å². The standard InChI is InChI=1S/C25H42N4O4.C7H8.CH4O/c1-6-19(3)24(25(32)29(5)21(7-2)18-30)28-15-16-33-22-13-9-8-11-20(22)12-10-14-27-23(31)17-26-4;1-7-5-3-2-4-6-7;1-2/h8-9,11,13,18-19,21,24,26,28H,6-7,10,12,14-17H2,1-5H3,(H,27,31);2-6H,1H3;2H,1H3. The molecule has 0 bridgehead atoms. The van der Waals surface area contributed by atoms with Crippen molar-refractivity contribution in [3.8, 4) is 5.75 Å². The van der Waals surface area contributed by atoms with Gasteiger partial charge in [-0.1, -0.05) is 81.3 Å². The van der Waals surface area contributed by atoms with E-state index in [1.54, 1.807) is 19.0 Å². The van der Waals surface area contributed by atoms with Crippen LogP contribution in [0.15, 0.2) is 54.6 Å². The highest BCUT2D eigenvalue weighted by Gasteiger charge is 2.29. The van der Waals surface area contributed by atoms with E-state index in [-0.39, 0.29) is 23.8 Å². The number of likely N-dealkylation sites (N-methyl/N-ethyl adjacent to an activating group) is 2. The number of aldehydes is 1. The van der Waals surface area contributed by atoms with Crippen molar-refractivity contribution < 1.29 is 24.2 Å². The SMILES string of the molecule is CCC(C)C(NCCOc1ccccc1CCCNC(=O)CNC)C(=O)N(C)C(C=O)CC.CO.Cc1ccccc1. The molecule has 9 heteroatoms. The molecule has 2 amide bonds. The summed E-state index contributed by atoms with van der Waals surface area (Å²) >= 11 is 0. The summed E-state index contributed by atoms with van der Waals surface area (Å²) in [5.41, 5.74) is 2.41. The van der Waals surface area contributed by atoms with Crippen LogP contribution >= 0.6 is 0 Å². The Morgan fingerprint density at radius 1 is 1.00 bits per heavy atom. The minimum absolute atomic E-state index is 0.0115. The molecule has 0 spiro atoms. The molecule has 2 rings (SSSR count). The van der Waals surface area contributed by atoms with Crippen molar-refractivity contribution in [3.63, 3.8) is 0 Å². The van der Waals surface area contributed by atoms with E-state index >= 15 is 0 Å². The number of amides is 2. The molecule has 2 aromatic carbocycles. The fourth-order valence-electron chi connectivity index (χ4n) is 4.10. The van der Waals surface area contributed by atoms with Crippen molar-refractivity contribution in [1.82, 2.24) is 20.9 Å². The third-order valence-electron chi connectivity index (χ3n) is 6.82. The molecule has 236 valence electrons. The Kier molecular flexibility index (Phi) is 22.4. The predicted molar refractivity (Wildman–Crippen MR) is 171 cm³/mol. The van der Waals surface area contributed by atoms with Crippen LogP contribution in [0.4, 0.5) is 0 Å². The zero-order valence-corrected chi connectivity index (χ0v) is 26.7. The molecule has 0 radical (unpaired) electrons. The summed E-state index contributed by atoms with van der Waals surface area (Å²) in [4.78, 5) is 37.4. The normalized spacial score (nSPS) is 12.3.